The number of alkyl halides is 3. The van der Waals surface area contributed by atoms with Gasteiger partial charge in [-0.1, -0.05) is 82.8 Å². The number of aryl methyl sites for hydroxylation is 1. The highest BCUT2D eigenvalue weighted by Gasteiger charge is 2.31. The van der Waals surface area contributed by atoms with Crippen molar-refractivity contribution in [2.75, 3.05) is 6.61 Å². The van der Waals surface area contributed by atoms with E-state index in [1.54, 1.807) is 18.1 Å². The molecule has 0 atom stereocenters. The maximum atomic E-state index is 14.0. The van der Waals surface area contributed by atoms with Gasteiger partial charge in [-0.05, 0) is 61.1 Å². The molecule has 200 valence electrons. The van der Waals surface area contributed by atoms with Gasteiger partial charge in [-0.25, -0.2) is 8.78 Å². The minimum Gasteiger partial charge on any atom is -0.478 e. The van der Waals surface area contributed by atoms with Crippen LogP contribution in [0.4, 0.5) is 22.0 Å². The van der Waals surface area contributed by atoms with Crippen molar-refractivity contribution in [1.29, 1.82) is 0 Å². The van der Waals surface area contributed by atoms with E-state index in [9.17, 15) is 22.0 Å². The van der Waals surface area contributed by atoms with Crippen molar-refractivity contribution in [2.45, 2.75) is 115 Å². The normalized spacial score (nSPS) is 25.5. The van der Waals surface area contributed by atoms with Gasteiger partial charge >= 0.3 is 6.18 Å². The van der Waals surface area contributed by atoms with Gasteiger partial charge in [0.2, 0.25) is 0 Å². The molecule has 0 radical (unpaired) electrons. The van der Waals surface area contributed by atoms with Crippen molar-refractivity contribution in [1.82, 2.24) is 0 Å². The molecule has 1 heterocycles. The van der Waals surface area contributed by atoms with Crippen molar-refractivity contribution in [3.63, 3.8) is 0 Å². The van der Waals surface area contributed by atoms with Crippen molar-refractivity contribution in [3.8, 4) is 5.75 Å². The number of unbranched alkanes of at least 4 members (excludes halogenated alkanes) is 3. The van der Waals surface area contributed by atoms with Crippen LogP contribution in [0.1, 0.15) is 89.5 Å². The molecule has 7 heteroatoms. The lowest BCUT2D eigenvalue weighted by Gasteiger charge is -2.37. The van der Waals surface area contributed by atoms with Crippen LogP contribution < -0.4 is 4.74 Å². The Morgan fingerprint density at radius 3 is 2.09 bits per heavy atom. The summed E-state index contributed by atoms with van der Waals surface area (Å²) in [5, 5.41) is 0. The van der Waals surface area contributed by atoms with E-state index in [1.807, 2.05) is 0 Å². The second-order valence-corrected chi connectivity index (χ2v) is 14.6. The first-order chi connectivity index (χ1) is 16.7. The lowest BCUT2D eigenvalue weighted by Crippen LogP contribution is -2.28. The van der Waals surface area contributed by atoms with Crippen LogP contribution in [0, 0.1) is 29.4 Å². The van der Waals surface area contributed by atoms with Gasteiger partial charge in [0, 0.05) is 8.80 Å². The lowest BCUT2D eigenvalue weighted by molar-refractivity contribution is -0.154. The molecular weight excluding hydrogens is 475 g/mol. The molecule has 1 aliphatic heterocycles. The zero-order valence-corrected chi connectivity index (χ0v) is 22.4. The van der Waals surface area contributed by atoms with E-state index in [2.05, 4.69) is 11.7 Å². The zero-order valence-electron chi connectivity index (χ0n) is 21.3. The Balaban J connectivity index is 1.31. The zero-order chi connectivity index (χ0) is 25.3. The highest BCUT2D eigenvalue weighted by atomic mass is 28.3. The van der Waals surface area contributed by atoms with Gasteiger partial charge in [0.1, 0.15) is 0 Å². The predicted octanol–water partition coefficient (Wildman–Crippen LogP) is 9.25. The average molecular weight is 519 g/mol. The minimum absolute atomic E-state index is 0.428. The van der Waals surface area contributed by atoms with Crippen LogP contribution >= 0.6 is 0 Å². The van der Waals surface area contributed by atoms with E-state index in [-0.39, 0.29) is 0 Å². The van der Waals surface area contributed by atoms with Crippen LogP contribution in [0.3, 0.4) is 0 Å². The monoisotopic (exact) mass is 518 g/mol. The molecule has 0 aromatic heterocycles. The van der Waals surface area contributed by atoms with Gasteiger partial charge < -0.3 is 4.74 Å². The quantitative estimate of drug-likeness (QED) is 0.152. The smallest absolute Gasteiger partial charge is 0.422 e. The summed E-state index contributed by atoms with van der Waals surface area (Å²) in [6, 6.07) is 6.92. The van der Waals surface area contributed by atoms with Crippen LogP contribution in [0.25, 0.3) is 0 Å². The summed E-state index contributed by atoms with van der Waals surface area (Å²) >= 11 is 0. The number of benzene rings is 1. The van der Waals surface area contributed by atoms with Crippen LogP contribution in [-0.4, -0.2) is 21.6 Å². The Morgan fingerprint density at radius 2 is 1.49 bits per heavy atom. The molecular formula is C28H43F5OSi. The van der Waals surface area contributed by atoms with E-state index < -0.39 is 39.0 Å². The molecule has 1 aromatic rings. The Morgan fingerprint density at radius 1 is 0.857 bits per heavy atom. The van der Waals surface area contributed by atoms with Gasteiger partial charge in [-0.15, -0.1) is 0 Å². The molecule has 35 heavy (non-hydrogen) atoms. The molecule has 0 bridgehead atoms. The standard InChI is InChI=1S/C28H43F5OSi/c1-2-3-6-15-35-16-13-24(14-17-35)23-11-9-21(10-12-23)7-4-5-8-22-18-25(29)27(26(30)19-22)34-20-28(31,32)33/h18-19,21,23-24,35H,2-17,20H2,1H3/t21-,23-,24-,35-. The molecule has 2 aliphatic rings. The fourth-order valence-electron chi connectivity index (χ4n) is 6.39. The van der Waals surface area contributed by atoms with E-state index >= 15 is 0 Å². The first kappa shape index (κ1) is 28.5. The first-order valence-electron chi connectivity index (χ1n) is 13.9. The predicted molar refractivity (Wildman–Crippen MR) is 135 cm³/mol. The average Bonchev–Trinajstić information content (AvgIpc) is 2.82. The van der Waals surface area contributed by atoms with Crippen molar-refractivity contribution in [2.24, 2.45) is 17.8 Å². The molecule has 0 spiro atoms. The molecule has 0 unspecified atom stereocenters. The molecule has 1 saturated heterocycles. The van der Waals surface area contributed by atoms with Gasteiger partial charge in [-0.2, -0.15) is 13.2 Å². The van der Waals surface area contributed by atoms with Crippen LogP contribution in [0.2, 0.25) is 18.1 Å². The Hall–Kier alpha value is -1.11. The molecule has 0 N–H and O–H groups in total. The van der Waals surface area contributed by atoms with Crippen molar-refractivity contribution >= 4 is 8.80 Å². The second-order valence-electron chi connectivity index (χ2n) is 11.1. The lowest BCUT2D eigenvalue weighted by atomic mass is 9.73. The number of rotatable bonds is 12. The van der Waals surface area contributed by atoms with Crippen LogP contribution in [-0.2, 0) is 6.42 Å². The fourth-order valence-corrected chi connectivity index (χ4v) is 9.92. The molecule has 3 rings (SSSR count). The molecule has 1 saturated carbocycles. The first-order valence-corrected chi connectivity index (χ1v) is 16.4. The van der Waals surface area contributed by atoms with Crippen molar-refractivity contribution < 1.29 is 26.7 Å². The summed E-state index contributed by atoms with van der Waals surface area (Å²) in [5.74, 6) is -0.423. The third-order valence-corrected chi connectivity index (χ3v) is 12.0. The van der Waals surface area contributed by atoms with Crippen molar-refractivity contribution in [3.05, 3.63) is 29.3 Å². The maximum absolute atomic E-state index is 14.0. The van der Waals surface area contributed by atoms with E-state index in [4.69, 9.17) is 0 Å². The Labute approximate surface area is 209 Å². The molecule has 1 aliphatic carbocycles. The summed E-state index contributed by atoms with van der Waals surface area (Å²) < 4.78 is 69.1. The summed E-state index contributed by atoms with van der Waals surface area (Å²) in [5.41, 5.74) is 0.469. The highest BCUT2D eigenvalue weighted by Crippen LogP contribution is 2.42. The number of hydrogen-bond donors (Lipinski definition) is 0. The van der Waals surface area contributed by atoms with Gasteiger partial charge in [-0.3, -0.25) is 0 Å². The van der Waals surface area contributed by atoms with Crippen LogP contribution in [0.15, 0.2) is 12.1 Å². The molecule has 1 nitrogen and oxygen atoms in total. The van der Waals surface area contributed by atoms with Gasteiger partial charge in [0.25, 0.3) is 0 Å². The maximum Gasteiger partial charge on any atom is 0.422 e. The van der Waals surface area contributed by atoms with E-state index in [0.29, 0.717) is 12.0 Å². The summed E-state index contributed by atoms with van der Waals surface area (Å²) in [6.07, 6.45) is 11.4. The molecule has 2 fully saturated rings. The largest absolute Gasteiger partial charge is 0.478 e. The third kappa shape index (κ3) is 9.69. The number of ether oxygens (including phenoxy) is 1. The second kappa shape index (κ2) is 14.0. The minimum atomic E-state index is -4.63. The summed E-state index contributed by atoms with van der Waals surface area (Å²) in [7, 11) is -0.428. The molecule has 0 amide bonds. The topological polar surface area (TPSA) is 9.23 Å². The number of hydrogen-bond acceptors (Lipinski definition) is 1. The Kier molecular flexibility index (Phi) is 11.4. The summed E-state index contributed by atoms with van der Waals surface area (Å²) in [6.45, 7) is 0.587. The highest BCUT2D eigenvalue weighted by molar-refractivity contribution is 6.58. The third-order valence-electron chi connectivity index (χ3n) is 8.43. The summed E-state index contributed by atoms with van der Waals surface area (Å²) in [4.78, 5) is 0. The van der Waals surface area contributed by atoms with Gasteiger partial charge in [0.15, 0.2) is 24.0 Å². The van der Waals surface area contributed by atoms with E-state index in [1.165, 1.54) is 57.8 Å². The van der Waals surface area contributed by atoms with Gasteiger partial charge in [0.05, 0.1) is 0 Å². The van der Waals surface area contributed by atoms with E-state index in [0.717, 1.165) is 49.1 Å². The SMILES string of the molecule is CCCCC[Si@H]1CC[C@H]([C@H]2CC[C@H](CCCCc3cc(F)c(OCC(F)(F)F)c(F)c3)CC2)CC1. The fraction of sp³-hybridized carbons (Fsp3) is 0.786. The Bertz CT molecular complexity index is 729. The van der Waals surface area contributed by atoms with Crippen LogP contribution in [0.5, 0.6) is 5.75 Å². The molecule has 1 aromatic carbocycles. The number of halogens is 5.